The number of aliphatic hydroxyl groups is 1. The quantitative estimate of drug-likeness (QED) is 0.291. The van der Waals surface area contributed by atoms with Crippen LogP contribution in [0.5, 0.6) is 0 Å². The van der Waals surface area contributed by atoms with E-state index in [0.717, 1.165) is 22.0 Å². The van der Waals surface area contributed by atoms with Gasteiger partial charge in [0, 0.05) is 43.4 Å². The molecule has 1 aliphatic rings. The maximum atomic E-state index is 13.7. The number of carbonyl (C=O) groups excluding carboxylic acids is 2. The Morgan fingerprint density at radius 3 is 2.70 bits per heavy atom. The zero-order chi connectivity index (χ0) is 28.0. The molecule has 1 aliphatic heterocycles. The first-order chi connectivity index (χ1) is 19.3. The summed E-state index contributed by atoms with van der Waals surface area (Å²) in [6.45, 7) is 2.77. The zero-order valence-corrected chi connectivity index (χ0v) is 22.0. The van der Waals surface area contributed by atoms with Gasteiger partial charge in [0.05, 0.1) is 24.3 Å². The number of pyridine rings is 1. The molecular formula is C29H28FN7O3. The van der Waals surface area contributed by atoms with E-state index in [9.17, 15) is 14.0 Å². The van der Waals surface area contributed by atoms with Crippen molar-refractivity contribution in [1.29, 1.82) is 0 Å². The molecule has 1 atom stereocenters. The lowest BCUT2D eigenvalue weighted by Gasteiger charge is -2.36. The monoisotopic (exact) mass is 541 g/mol. The normalized spacial score (nSPS) is 14.8. The lowest BCUT2D eigenvalue weighted by molar-refractivity contribution is -0.126. The van der Waals surface area contributed by atoms with Crippen molar-refractivity contribution in [2.45, 2.75) is 13.0 Å². The summed E-state index contributed by atoms with van der Waals surface area (Å²) in [6, 6.07) is 15.5. The van der Waals surface area contributed by atoms with Crippen LogP contribution in [-0.2, 0) is 11.8 Å². The van der Waals surface area contributed by atoms with Gasteiger partial charge in [-0.1, -0.05) is 18.2 Å². The van der Waals surface area contributed by atoms with E-state index in [0.29, 0.717) is 29.9 Å². The molecule has 0 bridgehead atoms. The van der Waals surface area contributed by atoms with Crippen molar-refractivity contribution in [3.63, 3.8) is 0 Å². The molecule has 0 radical (unpaired) electrons. The molecule has 0 aliphatic carbocycles. The maximum absolute atomic E-state index is 13.7. The Kier molecular flexibility index (Phi) is 6.53. The molecule has 204 valence electrons. The molecule has 2 aromatic carbocycles. The molecule has 3 N–H and O–H groups in total. The molecule has 4 heterocycles. The number of amides is 2. The number of likely N-dealkylation sites (tertiary alicyclic amines) is 1. The highest BCUT2D eigenvalue weighted by atomic mass is 19.1. The van der Waals surface area contributed by atoms with E-state index >= 15 is 0 Å². The molecule has 0 spiro atoms. The van der Waals surface area contributed by atoms with Crippen LogP contribution in [0.3, 0.4) is 0 Å². The van der Waals surface area contributed by atoms with Crippen LogP contribution >= 0.6 is 0 Å². The first kappa shape index (κ1) is 25.7. The fourth-order valence-corrected chi connectivity index (χ4v) is 5.06. The van der Waals surface area contributed by atoms with Crippen LogP contribution in [0.25, 0.3) is 27.7 Å². The number of aromatic nitrogens is 4. The van der Waals surface area contributed by atoms with Gasteiger partial charge in [0.1, 0.15) is 5.82 Å². The number of benzene rings is 2. The molecule has 6 rings (SSSR count). The lowest BCUT2D eigenvalue weighted by atomic mass is 10.0. The summed E-state index contributed by atoms with van der Waals surface area (Å²) in [5.41, 5.74) is 4.43. The predicted octanol–water partition coefficient (Wildman–Crippen LogP) is 3.34. The van der Waals surface area contributed by atoms with E-state index in [2.05, 4.69) is 20.7 Å². The molecule has 1 saturated heterocycles. The summed E-state index contributed by atoms with van der Waals surface area (Å²) in [4.78, 5) is 31.9. The van der Waals surface area contributed by atoms with Gasteiger partial charge in [0.25, 0.3) is 5.91 Å². The van der Waals surface area contributed by atoms with Gasteiger partial charge >= 0.3 is 0 Å². The van der Waals surface area contributed by atoms with Gasteiger partial charge in [-0.15, -0.1) is 5.10 Å². The van der Waals surface area contributed by atoms with Crippen LogP contribution < -0.4 is 10.6 Å². The van der Waals surface area contributed by atoms with Crippen LogP contribution in [0.4, 0.5) is 10.3 Å². The molecule has 10 nitrogen and oxygen atoms in total. The predicted molar refractivity (Wildman–Crippen MR) is 148 cm³/mol. The van der Waals surface area contributed by atoms with Crippen molar-refractivity contribution >= 4 is 34.3 Å². The summed E-state index contributed by atoms with van der Waals surface area (Å²) in [5, 5.41) is 20.0. The van der Waals surface area contributed by atoms with Crippen LogP contribution in [0, 0.1) is 11.7 Å². The highest BCUT2D eigenvalue weighted by Gasteiger charge is 2.32. The van der Waals surface area contributed by atoms with E-state index in [-0.39, 0.29) is 42.3 Å². The van der Waals surface area contributed by atoms with Crippen molar-refractivity contribution < 1.29 is 19.1 Å². The van der Waals surface area contributed by atoms with Crippen LogP contribution in [0.1, 0.15) is 28.9 Å². The van der Waals surface area contributed by atoms with E-state index in [4.69, 9.17) is 5.11 Å². The molecule has 2 amide bonds. The van der Waals surface area contributed by atoms with Crippen LogP contribution in [0.2, 0.25) is 0 Å². The van der Waals surface area contributed by atoms with Gasteiger partial charge in [-0.25, -0.2) is 8.91 Å². The van der Waals surface area contributed by atoms with E-state index in [1.165, 1.54) is 12.1 Å². The summed E-state index contributed by atoms with van der Waals surface area (Å²) in [6.07, 6.45) is 3.56. The number of carbonyl (C=O) groups is 2. The average Bonchev–Trinajstić information content (AvgIpc) is 3.47. The Hall–Kier alpha value is -4.61. The maximum Gasteiger partial charge on any atom is 0.253 e. The fraction of sp³-hybridized carbons (Fsp3) is 0.241. The highest BCUT2D eigenvalue weighted by Crippen LogP contribution is 2.29. The minimum atomic E-state index is -0.371. The van der Waals surface area contributed by atoms with E-state index in [1.54, 1.807) is 33.9 Å². The summed E-state index contributed by atoms with van der Waals surface area (Å²) >= 11 is 0. The van der Waals surface area contributed by atoms with E-state index in [1.807, 2.05) is 48.9 Å². The number of hydrogen-bond donors (Lipinski definition) is 3. The first-order valence-corrected chi connectivity index (χ1v) is 13.0. The largest absolute Gasteiger partial charge is 0.381 e. The average molecular weight is 542 g/mol. The number of rotatable bonds is 7. The SMILES string of the molecule is C[C@H](NC(=O)c1cn(C)c2ccc(-c3ccn4nc(NC(=O)C5CN(CO)C5)nc4c3)cc12)c1cccc(F)c1. The number of hydrogen-bond acceptors (Lipinski definition) is 6. The highest BCUT2D eigenvalue weighted by molar-refractivity contribution is 6.08. The van der Waals surface area contributed by atoms with Crippen molar-refractivity contribution in [1.82, 2.24) is 29.4 Å². The van der Waals surface area contributed by atoms with Crippen molar-refractivity contribution in [3.05, 3.63) is 83.9 Å². The first-order valence-electron chi connectivity index (χ1n) is 13.0. The second kappa shape index (κ2) is 10.2. The van der Waals surface area contributed by atoms with Crippen molar-refractivity contribution in [3.8, 4) is 11.1 Å². The Balaban J connectivity index is 1.24. The van der Waals surface area contributed by atoms with Crippen molar-refractivity contribution in [2.75, 3.05) is 25.1 Å². The number of fused-ring (bicyclic) bond motifs is 2. The Morgan fingerprint density at radius 2 is 1.93 bits per heavy atom. The van der Waals surface area contributed by atoms with E-state index < -0.39 is 0 Å². The fourth-order valence-electron chi connectivity index (χ4n) is 5.06. The summed E-state index contributed by atoms with van der Waals surface area (Å²) in [7, 11) is 1.89. The molecule has 40 heavy (non-hydrogen) atoms. The number of anilines is 1. The van der Waals surface area contributed by atoms with Gasteiger partial charge in [-0.2, -0.15) is 4.98 Å². The standard InChI is InChI=1S/C29H28FN7O3/c1-17(18-4-3-5-22(30)10-18)31-28(40)24-15-35(2)25-7-6-19(11-23(24)25)20-8-9-37-26(12-20)32-29(34-37)33-27(39)21-13-36(14-21)16-38/h3-12,15,17,21,38H,13-14,16H2,1-2H3,(H,31,40)(H,33,34,39)/t17-/m0/s1. The molecular weight excluding hydrogens is 513 g/mol. The van der Waals surface area contributed by atoms with Gasteiger partial charge in [0.2, 0.25) is 11.9 Å². The molecule has 3 aromatic heterocycles. The Bertz CT molecular complexity index is 1760. The Morgan fingerprint density at radius 1 is 1.12 bits per heavy atom. The number of nitrogens with zero attached hydrogens (tertiary/aromatic N) is 5. The number of aliphatic hydroxyl groups excluding tert-OH is 1. The second-order valence-corrected chi connectivity index (χ2v) is 10.2. The summed E-state index contributed by atoms with van der Waals surface area (Å²) in [5.74, 6) is -0.751. The molecule has 1 fully saturated rings. The van der Waals surface area contributed by atoms with Gasteiger partial charge in [0.15, 0.2) is 5.65 Å². The van der Waals surface area contributed by atoms with Gasteiger partial charge < -0.3 is 15.0 Å². The summed E-state index contributed by atoms with van der Waals surface area (Å²) < 4.78 is 17.2. The van der Waals surface area contributed by atoms with Gasteiger partial charge in [-0.3, -0.25) is 19.8 Å². The number of nitrogens with one attached hydrogen (secondary N) is 2. The van der Waals surface area contributed by atoms with Crippen molar-refractivity contribution in [2.24, 2.45) is 13.0 Å². The van der Waals surface area contributed by atoms with Gasteiger partial charge in [-0.05, 0) is 60.0 Å². The number of halogens is 1. The molecule has 11 heteroatoms. The minimum Gasteiger partial charge on any atom is -0.381 e. The minimum absolute atomic E-state index is 0.0614. The molecule has 0 saturated carbocycles. The molecule has 5 aromatic rings. The Labute approximate surface area is 229 Å². The lowest BCUT2D eigenvalue weighted by Crippen LogP contribution is -2.52. The smallest absolute Gasteiger partial charge is 0.253 e. The van der Waals surface area contributed by atoms with Crippen LogP contribution in [0.15, 0.2) is 67.0 Å². The topological polar surface area (TPSA) is 117 Å². The zero-order valence-electron chi connectivity index (χ0n) is 22.0. The van der Waals surface area contributed by atoms with Crippen LogP contribution in [-0.4, -0.2) is 60.8 Å². The third-order valence-electron chi connectivity index (χ3n) is 7.36. The third-order valence-corrected chi connectivity index (χ3v) is 7.36. The number of aryl methyl sites for hydroxylation is 1. The second-order valence-electron chi connectivity index (χ2n) is 10.2. The molecule has 0 unspecified atom stereocenters. The third kappa shape index (κ3) is 4.80.